The summed E-state index contributed by atoms with van der Waals surface area (Å²) < 4.78 is 6.09. The van der Waals surface area contributed by atoms with Crippen LogP contribution < -0.4 is 4.74 Å². The van der Waals surface area contributed by atoms with Gasteiger partial charge >= 0.3 is 0 Å². The fraction of sp³-hybridized carbons (Fsp3) is 0.304. The molecule has 1 fully saturated rings. The Labute approximate surface area is 173 Å². The lowest BCUT2D eigenvalue weighted by Crippen LogP contribution is -2.30. The molecule has 0 unspecified atom stereocenters. The summed E-state index contributed by atoms with van der Waals surface area (Å²) in [6.45, 7) is 6.40. The van der Waals surface area contributed by atoms with E-state index in [0.717, 1.165) is 25.1 Å². The summed E-state index contributed by atoms with van der Waals surface area (Å²) >= 11 is 0. The third-order valence-corrected chi connectivity index (χ3v) is 5.09. The quantitative estimate of drug-likeness (QED) is 0.665. The Hall–Kier alpha value is -2.66. The number of hydrogen-bond acceptors (Lipinski definition) is 2. The van der Waals surface area contributed by atoms with Crippen molar-refractivity contribution in [3.63, 3.8) is 0 Å². The zero-order valence-corrected chi connectivity index (χ0v) is 16.9. The first kappa shape index (κ1) is 28.5. The van der Waals surface area contributed by atoms with Crippen molar-refractivity contribution in [2.45, 2.75) is 26.4 Å². The number of fused-ring (bicyclic) bond motifs is 2. The molecule has 0 radical (unpaired) electrons. The molecule has 160 valence electrons. The lowest BCUT2D eigenvalue weighted by atomic mass is 9.86. The number of likely N-dealkylation sites (tertiary alicyclic amines) is 1. The molecule has 29 heavy (non-hydrogen) atoms. The Balaban J connectivity index is 0. The highest BCUT2D eigenvalue weighted by atomic mass is 16.5. The molecule has 6 nitrogen and oxygen atoms in total. The first-order valence-corrected chi connectivity index (χ1v) is 8.95. The topological polar surface area (TPSA) is 138 Å². The second kappa shape index (κ2) is 13.5. The maximum Gasteiger partial charge on any atom is 0.127 e. The van der Waals surface area contributed by atoms with Crippen molar-refractivity contribution in [3.05, 3.63) is 70.8 Å². The number of ether oxygens (including phenoxy) is 1. The van der Waals surface area contributed by atoms with Crippen LogP contribution in [0.5, 0.6) is 5.75 Å². The highest BCUT2D eigenvalue weighted by molar-refractivity contribution is 5.87. The van der Waals surface area contributed by atoms with E-state index in [4.69, 9.17) is 4.74 Å². The van der Waals surface area contributed by atoms with Gasteiger partial charge in [0, 0.05) is 18.7 Å². The molecule has 2 aromatic rings. The van der Waals surface area contributed by atoms with Gasteiger partial charge in [0.1, 0.15) is 12.4 Å². The van der Waals surface area contributed by atoms with E-state index < -0.39 is 0 Å². The van der Waals surface area contributed by atoms with Gasteiger partial charge in [-0.3, -0.25) is 0 Å². The van der Waals surface area contributed by atoms with Crippen molar-refractivity contribution < 1.29 is 26.6 Å². The molecule has 0 bridgehead atoms. The maximum atomic E-state index is 6.09. The molecular formula is C23H33NO5. The van der Waals surface area contributed by atoms with Crippen molar-refractivity contribution in [1.82, 2.24) is 4.90 Å². The van der Waals surface area contributed by atoms with E-state index in [-0.39, 0.29) is 21.9 Å². The smallest absolute Gasteiger partial charge is 0.127 e. The van der Waals surface area contributed by atoms with Gasteiger partial charge in [0.05, 0.1) is 0 Å². The monoisotopic (exact) mass is 403 g/mol. The molecule has 2 aromatic carbocycles. The lowest BCUT2D eigenvalue weighted by molar-refractivity contribution is 0.270. The Morgan fingerprint density at radius 1 is 0.828 bits per heavy atom. The van der Waals surface area contributed by atoms with Gasteiger partial charge in [-0.15, -0.1) is 12.8 Å². The summed E-state index contributed by atoms with van der Waals surface area (Å²) in [5.74, 6) is 1.02. The Morgan fingerprint density at radius 3 is 2.00 bits per heavy atom. The van der Waals surface area contributed by atoms with Gasteiger partial charge < -0.3 is 31.5 Å². The highest BCUT2D eigenvalue weighted by Crippen LogP contribution is 2.40. The molecule has 2 heterocycles. The number of hydrogen-bond donors (Lipinski definition) is 0. The fourth-order valence-electron chi connectivity index (χ4n) is 3.76. The van der Waals surface area contributed by atoms with Gasteiger partial charge in [0.15, 0.2) is 0 Å². The summed E-state index contributed by atoms with van der Waals surface area (Å²) in [4.78, 5) is 2.54. The van der Waals surface area contributed by atoms with Crippen LogP contribution in [-0.2, 0) is 6.61 Å². The second-order valence-electron chi connectivity index (χ2n) is 6.35. The SMILES string of the molecule is C#C.CCN1CCC(=C2c3ccccc3COc3ccccc32)CC1.O.O.O.O. The molecule has 6 heteroatoms. The van der Waals surface area contributed by atoms with Gasteiger partial charge in [0.2, 0.25) is 0 Å². The van der Waals surface area contributed by atoms with Crippen LogP contribution in [0, 0.1) is 12.8 Å². The Bertz CT molecular complexity index is 741. The summed E-state index contributed by atoms with van der Waals surface area (Å²) in [7, 11) is 0. The third-order valence-electron chi connectivity index (χ3n) is 5.09. The van der Waals surface area contributed by atoms with Crippen LogP contribution in [0.25, 0.3) is 5.57 Å². The van der Waals surface area contributed by atoms with Gasteiger partial charge in [-0.25, -0.2) is 0 Å². The first-order chi connectivity index (χ1) is 12.4. The van der Waals surface area contributed by atoms with Crippen molar-refractivity contribution in [2.24, 2.45) is 0 Å². The van der Waals surface area contributed by atoms with Crippen LogP contribution in [0.15, 0.2) is 54.1 Å². The van der Waals surface area contributed by atoms with Crippen LogP contribution in [0.4, 0.5) is 0 Å². The van der Waals surface area contributed by atoms with Crippen LogP contribution in [-0.4, -0.2) is 46.4 Å². The molecule has 0 aromatic heterocycles. The van der Waals surface area contributed by atoms with Gasteiger partial charge in [-0.1, -0.05) is 55.0 Å². The zero-order valence-electron chi connectivity index (χ0n) is 16.9. The van der Waals surface area contributed by atoms with Crippen molar-refractivity contribution in [2.75, 3.05) is 19.6 Å². The summed E-state index contributed by atoms with van der Waals surface area (Å²) in [5, 5.41) is 0. The number of nitrogens with zero attached hydrogens (tertiary/aromatic N) is 1. The van der Waals surface area contributed by atoms with Gasteiger partial charge in [0.25, 0.3) is 0 Å². The minimum absolute atomic E-state index is 0. The Morgan fingerprint density at radius 2 is 1.38 bits per heavy atom. The average molecular weight is 404 g/mol. The second-order valence-corrected chi connectivity index (χ2v) is 6.35. The molecule has 0 aliphatic carbocycles. The number of benzene rings is 2. The first-order valence-electron chi connectivity index (χ1n) is 8.95. The molecular weight excluding hydrogens is 370 g/mol. The summed E-state index contributed by atoms with van der Waals surface area (Å²) in [6, 6.07) is 17.2. The van der Waals surface area contributed by atoms with E-state index in [1.165, 1.54) is 35.4 Å². The molecule has 0 atom stereocenters. The van der Waals surface area contributed by atoms with E-state index in [9.17, 15) is 0 Å². The van der Waals surface area contributed by atoms with Crippen molar-refractivity contribution in [1.29, 1.82) is 0 Å². The largest absolute Gasteiger partial charge is 0.488 e. The van der Waals surface area contributed by atoms with E-state index in [0.29, 0.717) is 6.61 Å². The molecule has 2 aliphatic rings. The van der Waals surface area contributed by atoms with Gasteiger partial charge in [-0.2, -0.15) is 0 Å². The fourth-order valence-corrected chi connectivity index (χ4v) is 3.76. The minimum Gasteiger partial charge on any atom is -0.488 e. The van der Waals surface area contributed by atoms with E-state index in [2.05, 4.69) is 73.2 Å². The minimum atomic E-state index is 0. The molecule has 4 rings (SSSR count). The summed E-state index contributed by atoms with van der Waals surface area (Å²) in [6.07, 6.45) is 10.3. The summed E-state index contributed by atoms with van der Waals surface area (Å²) in [5.41, 5.74) is 6.92. The van der Waals surface area contributed by atoms with Crippen LogP contribution in [0.2, 0.25) is 0 Å². The van der Waals surface area contributed by atoms with Crippen molar-refractivity contribution in [3.8, 4) is 18.6 Å². The third kappa shape index (κ3) is 5.91. The number of para-hydroxylation sites is 1. The average Bonchev–Trinajstić information content (AvgIpc) is 2.86. The van der Waals surface area contributed by atoms with Crippen LogP contribution in [0.1, 0.15) is 36.5 Å². The number of rotatable bonds is 1. The molecule has 0 saturated carbocycles. The van der Waals surface area contributed by atoms with E-state index in [1.807, 2.05) is 0 Å². The molecule has 2 aliphatic heterocycles. The molecule has 8 N–H and O–H groups in total. The van der Waals surface area contributed by atoms with Crippen molar-refractivity contribution >= 4 is 5.57 Å². The maximum absolute atomic E-state index is 6.09. The van der Waals surface area contributed by atoms with E-state index in [1.54, 1.807) is 5.57 Å². The normalized spacial score (nSPS) is 14.3. The lowest BCUT2D eigenvalue weighted by Gasteiger charge is -2.29. The molecule has 1 saturated heterocycles. The number of piperidine rings is 1. The molecule has 0 spiro atoms. The number of terminal acetylenes is 1. The molecule has 0 amide bonds. The van der Waals surface area contributed by atoms with Gasteiger partial charge in [-0.05, 0) is 42.2 Å². The van der Waals surface area contributed by atoms with E-state index >= 15 is 0 Å². The Kier molecular flexibility index (Phi) is 13.3. The standard InChI is InChI=1S/C21H23NO.C2H2.4H2O/c1-2-22-13-11-16(12-14-22)21-18-8-4-3-7-17(18)15-23-20-10-6-5-9-19(20)21;1-2;;;;/h3-10H,2,11-15H2,1H3;1-2H;4*1H2. The predicted molar refractivity (Wildman–Crippen MR) is 119 cm³/mol. The predicted octanol–water partition coefficient (Wildman–Crippen LogP) is 1.45. The zero-order chi connectivity index (χ0) is 17.6. The highest BCUT2D eigenvalue weighted by Gasteiger charge is 2.23. The van der Waals surface area contributed by atoms with Crippen LogP contribution in [0.3, 0.4) is 0 Å². The van der Waals surface area contributed by atoms with Crippen LogP contribution >= 0.6 is 0 Å².